The summed E-state index contributed by atoms with van der Waals surface area (Å²) in [6.07, 6.45) is 16.6. The highest BCUT2D eigenvalue weighted by molar-refractivity contribution is 5.84. The SMILES string of the molecule is Cc1cc(-c2c(C)ccc3c2Cc2ccccc2-3)[n+](C)cc1C1CCC2(CCCCC2)CC1. The molecule has 0 unspecified atom stereocenters. The van der Waals surface area contributed by atoms with E-state index in [1.807, 2.05) is 0 Å². The Kier molecular flexibility index (Phi) is 5.20. The smallest absolute Gasteiger partial charge is 0.201 e. The fourth-order valence-corrected chi connectivity index (χ4v) is 7.47. The van der Waals surface area contributed by atoms with Crippen molar-refractivity contribution in [3.05, 3.63) is 76.5 Å². The van der Waals surface area contributed by atoms with Crippen molar-refractivity contribution in [2.75, 3.05) is 0 Å². The third-order valence-electron chi connectivity index (χ3n) is 9.37. The van der Waals surface area contributed by atoms with Gasteiger partial charge in [0, 0.05) is 11.6 Å². The van der Waals surface area contributed by atoms with Gasteiger partial charge < -0.3 is 0 Å². The van der Waals surface area contributed by atoms with Crippen LogP contribution in [0.5, 0.6) is 0 Å². The van der Waals surface area contributed by atoms with Crippen molar-refractivity contribution < 1.29 is 4.57 Å². The molecule has 3 aromatic rings. The minimum atomic E-state index is 0.696. The average molecular weight is 437 g/mol. The van der Waals surface area contributed by atoms with Gasteiger partial charge in [0.2, 0.25) is 5.69 Å². The van der Waals surface area contributed by atoms with Gasteiger partial charge in [0.15, 0.2) is 6.20 Å². The van der Waals surface area contributed by atoms with Gasteiger partial charge >= 0.3 is 0 Å². The summed E-state index contributed by atoms with van der Waals surface area (Å²) in [7, 11) is 2.27. The highest BCUT2D eigenvalue weighted by Gasteiger charge is 2.37. The zero-order valence-electron chi connectivity index (χ0n) is 20.7. The number of fused-ring (bicyclic) bond motifs is 3. The highest BCUT2D eigenvalue weighted by Crippen LogP contribution is 2.51. The van der Waals surface area contributed by atoms with Gasteiger partial charge in [-0.15, -0.1) is 0 Å². The second-order valence-corrected chi connectivity index (χ2v) is 11.4. The zero-order valence-corrected chi connectivity index (χ0v) is 20.7. The maximum Gasteiger partial charge on any atom is 0.213 e. The summed E-state index contributed by atoms with van der Waals surface area (Å²) in [4.78, 5) is 0. The van der Waals surface area contributed by atoms with Crippen molar-refractivity contribution in [3.8, 4) is 22.4 Å². The van der Waals surface area contributed by atoms with E-state index in [-0.39, 0.29) is 0 Å². The summed E-state index contributed by atoms with van der Waals surface area (Å²) in [6, 6.07) is 16.1. The first-order chi connectivity index (χ1) is 16.0. The first-order valence-electron chi connectivity index (χ1n) is 13.3. The van der Waals surface area contributed by atoms with Crippen molar-refractivity contribution in [1.82, 2.24) is 0 Å². The van der Waals surface area contributed by atoms with Crippen LogP contribution in [0.25, 0.3) is 22.4 Å². The van der Waals surface area contributed by atoms with Crippen LogP contribution in [0.1, 0.15) is 91.5 Å². The average Bonchev–Trinajstić information content (AvgIpc) is 3.20. The number of nitrogens with zero attached hydrogens (tertiary/aromatic N) is 1. The molecule has 1 heteroatoms. The fourth-order valence-electron chi connectivity index (χ4n) is 7.47. The standard InChI is InChI=1S/C32H38N/c1-22-11-12-27-26-10-6-5-9-25(26)20-28(27)31(22)30-19-23(2)29(21-33(30)3)24-13-17-32(18-14-24)15-7-4-8-16-32/h5-6,9-12,19,21,24H,4,7-8,13-18,20H2,1-3H3/q+1. The molecule has 0 radical (unpaired) electrons. The van der Waals surface area contributed by atoms with Crippen LogP contribution in [-0.2, 0) is 13.5 Å². The van der Waals surface area contributed by atoms with E-state index in [0.29, 0.717) is 5.41 Å². The molecule has 0 atom stereocenters. The summed E-state index contributed by atoms with van der Waals surface area (Å²) in [5.41, 5.74) is 13.8. The topological polar surface area (TPSA) is 3.88 Å². The summed E-state index contributed by atoms with van der Waals surface area (Å²) in [5, 5.41) is 0. The van der Waals surface area contributed by atoms with Crippen molar-refractivity contribution >= 4 is 0 Å². The number of hydrogen-bond donors (Lipinski definition) is 0. The van der Waals surface area contributed by atoms with Crippen LogP contribution in [0.15, 0.2) is 48.7 Å². The van der Waals surface area contributed by atoms with Crippen LogP contribution in [0, 0.1) is 19.3 Å². The number of aryl methyl sites for hydroxylation is 3. The van der Waals surface area contributed by atoms with Crippen molar-refractivity contribution in [1.29, 1.82) is 0 Å². The molecule has 1 aromatic heterocycles. The number of pyridine rings is 1. The van der Waals surface area contributed by atoms with E-state index < -0.39 is 0 Å². The van der Waals surface area contributed by atoms with E-state index in [2.05, 4.69) is 74.1 Å². The molecule has 0 N–H and O–H groups in total. The first-order valence-corrected chi connectivity index (χ1v) is 13.3. The van der Waals surface area contributed by atoms with Gasteiger partial charge in [-0.1, -0.05) is 55.7 Å². The maximum atomic E-state index is 2.49. The Morgan fingerprint density at radius 2 is 1.58 bits per heavy atom. The number of rotatable bonds is 2. The molecule has 0 amide bonds. The lowest BCUT2D eigenvalue weighted by molar-refractivity contribution is -0.661. The minimum Gasteiger partial charge on any atom is -0.201 e. The predicted octanol–water partition coefficient (Wildman–Crippen LogP) is 7.97. The molecule has 1 spiro atoms. The molecule has 1 heterocycles. The lowest BCUT2D eigenvalue weighted by Crippen LogP contribution is -2.34. The normalized spacial score (nSPS) is 19.5. The molecular weight excluding hydrogens is 398 g/mol. The molecular formula is C32H38N+. The van der Waals surface area contributed by atoms with E-state index in [4.69, 9.17) is 0 Å². The van der Waals surface area contributed by atoms with Crippen LogP contribution in [0.3, 0.4) is 0 Å². The number of benzene rings is 2. The van der Waals surface area contributed by atoms with Crippen molar-refractivity contribution in [2.24, 2.45) is 12.5 Å². The molecule has 3 aliphatic rings. The van der Waals surface area contributed by atoms with Gasteiger partial charge in [-0.3, -0.25) is 0 Å². The van der Waals surface area contributed by atoms with E-state index in [1.54, 1.807) is 5.56 Å². The zero-order chi connectivity index (χ0) is 22.6. The molecule has 6 rings (SSSR count). The summed E-state index contributed by atoms with van der Waals surface area (Å²) in [5.74, 6) is 0.740. The number of aromatic nitrogens is 1. The Bertz CT molecular complexity index is 1200. The van der Waals surface area contributed by atoms with Crippen molar-refractivity contribution in [3.63, 3.8) is 0 Å². The van der Waals surface area contributed by atoms with E-state index in [0.717, 1.165) is 12.3 Å². The van der Waals surface area contributed by atoms with Gasteiger partial charge in [-0.2, -0.15) is 0 Å². The van der Waals surface area contributed by atoms with Gasteiger partial charge in [-0.25, -0.2) is 4.57 Å². The molecule has 33 heavy (non-hydrogen) atoms. The third kappa shape index (κ3) is 3.56. The Hall–Kier alpha value is -2.41. The molecule has 170 valence electrons. The monoisotopic (exact) mass is 436 g/mol. The van der Waals surface area contributed by atoms with E-state index in [9.17, 15) is 0 Å². The fraction of sp³-hybridized carbons (Fsp3) is 0.469. The second-order valence-electron chi connectivity index (χ2n) is 11.4. The molecule has 0 bridgehead atoms. The second kappa shape index (κ2) is 8.12. The van der Waals surface area contributed by atoms with E-state index in [1.165, 1.54) is 102 Å². The maximum absolute atomic E-state index is 2.49. The molecule has 3 aliphatic carbocycles. The quantitative estimate of drug-likeness (QED) is 0.280. The van der Waals surface area contributed by atoms with Crippen LogP contribution in [0.2, 0.25) is 0 Å². The first kappa shape index (κ1) is 21.1. The van der Waals surface area contributed by atoms with E-state index >= 15 is 0 Å². The lowest BCUT2D eigenvalue weighted by atomic mass is 9.62. The largest absolute Gasteiger partial charge is 0.213 e. The van der Waals surface area contributed by atoms with Crippen LogP contribution < -0.4 is 4.57 Å². The predicted molar refractivity (Wildman–Crippen MR) is 137 cm³/mol. The molecule has 0 aliphatic heterocycles. The Morgan fingerprint density at radius 1 is 0.818 bits per heavy atom. The highest BCUT2D eigenvalue weighted by atomic mass is 14.9. The minimum absolute atomic E-state index is 0.696. The molecule has 0 saturated heterocycles. The number of hydrogen-bond acceptors (Lipinski definition) is 0. The molecule has 2 aromatic carbocycles. The van der Waals surface area contributed by atoms with Crippen LogP contribution in [0.4, 0.5) is 0 Å². The Morgan fingerprint density at radius 3 is 2.36 bits per heavy atom. The molecule has 2 saturated carbocycles. The van der Waals surface area contributed by atoms with Crippen molar-refractivity contribution in [2.45, 2.75) is 84.0 Å². The third-order valence-corrected chi connectivity index (χ3v) is 9.37. The van der Waals surface area contributed by atoms with Gasteiger partial charge in [0.25, 0.3) is 0 Å². The summed E-state index contributed by atoms with van der Waals surface area (Å²) < 4.78 is 2.43. The summed E-state index contributed by atoms with van der Waals surface area (Å²) in [6.45, 7) is 4.64. The Labute approximate surface area is 199 Å². The Balaban J connectivity index is 1.34. The summed E-state index contributed by atoms with van der Waals surface area (Å²) >= 11 is 0. The van der Waals surface area contributed by atoms with Gasteiger partial charge in [-0.05, 0) is 104 Å². The molecule has 1 nitrogen and oxygen atoms in total. The molecule has 2 fully saturated rings. The van der Waals surface area contributed by atoms with Crippen LogP contribution in [-0.4, -0.2) is 0 Å². The van der Waals surface area contributed by atoms with Gasteiger partial charge in [0.1, 0.15) is 7.05 Å². The van der Waals surface area contributed by atoms with Crippen LogP contribution >= 0.6 is 0 Å². The van der Waals surface area contributed by atoms with Gasteiger partial charge in [0.05, 0.1) is 5.56 Å². The lowest BCUT2D eigenvalue weighted by Gasteiger charge is -2.43.